The maximum absolute atomic E-state index is 11.3. The normalized spacial score (nSPS) is 17.8. The number of hydrogen-bond acceptors (Lipinski definition) is 4. The minimum atomic E-state index is -2.87. The van der Waals surface area contributed by atoms with Crippen LogP contribution in [-0.2, 0) is 0 Å². The number of phenols is 1. The van der Waals surface area contributed by atoms with Gasteiger partial charge in [0.25, 0.3) is 0 Å². The second kappa shape index (κ2) is 4.00. The van der Waals surface area contributed by atoms with E-state index < -0.39 is 37.1 Å². The third-order valence-corrected chi connectivity index (χ3v) is 1.67. The van der Waals surface area contributed by atoms with Gasteiger partial charge in [-0.25, -0.2) is 0 Å². The van der Waals surface area contributed by atoms with E-state index >= 15 is 0 Å². The molecule has 0 bridgehead atoms. The Hall–Kier alpha value is -1.71. The molecule has 0 saturated heterocycles. The molecule has 1 aromatic rings. The number of carbonyl (C=O) groups is 1. The molecule has 1 N–H and O–H groups in total. The van der Waals surface area contributed by atoms with Gasteiger partial charge in [0.15, 0.2) is 17.3 Å². The maximum atomic E-state index is 11.3. The molecule has 0 amide bonds. The predicted octanol–water partition coefficient (Wildman–Crippen LogP) is 1.61. The van der Waals surface area contributed by atoms with Crippen LogP contribution < -0.4 is 9.47 Å². The lowest BCUT2D eigenvalue weighted by Gasteiger charge is -2.09. The first-order valence-corrected chi connectivity index (χ1v) is 3.65. The Bertz CT molecular complexity index is 482. The first-order chi connectivity index (χ1) is 8.89. The Morgan fingerprint density at radius 1 is 1.36 bits per heavy atom. The van der Waals surface area contributed by atoms with E-state index in [0.29, 0.717) is 0 Å². The fourth-order valence-corrected chi connectivity index (χ4v) is 0.941. The average Bonchev–Trinajstić information content (AvgIpc) is 2.19. The van der Waals surface area contributed by atoms with E-state index in [-0.39, 0.29) is 5.56 Å². The third-order valence-electron chi connectivity index (χ3n) is 1.67. The summed E-state index contributed by atoms with van der Waals surface area (Å²) < 4.78 is 50.8. The van der Waals surface area contributed by atoms with Crippen LogP contribution in [0.4, 0.5) is 0 Å². The molecule has 1 aromatic carbocycles. The van der Waals surface area contributed by atoms with Gasteiger partial charge in [0.1, 0.15) is 0 Å². The molecule has 0 aromatic heterocycles. The smallest absolute Gasteiger partial charge is 0.200 e. The van der Waals surface area contributed by atoms with Crippen LogP contribution in [0.25, 0.3) is 0 Å². The van der Waals surface area contributed by atoms with Crippen molar-refractivity contribution in [2.45, 2.75) is 6.92 Å². The molecule has 0 unspecified atom stereocenters. The molecule has 76 valence electrons. The molecule has 0 spiro atoms. The van der Waals surface area contributed by atoms with Gasteiger partial charge >= 0.3 is 0 Å². The lowest BCUT2D eigenvalue weighted by molar-refractivity contribution is 0.101. The van der Waals surface area contributed by atoms with Crippen molar-refractivity contribution in [3.8, 4) is 17.2 Å². The summed E-state index contributed by atoms with van der Waals surface area (Å²) in [6.45, 7) is 1.19. The van der Waals surface area contributed by atoms with Crippen molar-refractivity contribution in [2.24, 2.45) is 0 Å². The summed E-state index contributed by atoms with van der Waals surface area (Å²) >= 11 is 0. The zero-order valence-electron chi connectivity index (χ0n) is 13.3. The number of rotatable bonds is 3. The van der Waals surface area contributed by atoms with Crippen molar-refractivity contribution in [3.63, 3.8) is 0 Å². The van der Waals surface area contributed by atoms with Crippen LogP contribution in [0.5, 0.6) is 17.2 Å². The Kier molecular flexibility index (Phi) is 1.34. The van der Waals surface area contributed by atoms with Crippen molar-refractivity contribution in [2.75, 3.05) is 14.1 Å². The van der Waals surface area contributed by atoms with Crippen LogP contribution in [0.2, 0.25) is 0 Å². The number of aromatic hydroxyl groups is 1. The zero-order valence-corrected chi connectivity index (χ0v) is 7.33. The van der Waals surface area contributed by atoms with Crippen molar-refractivity contribution in [3.05, 3.63) is 17.7 Å². The van der Waals surface area contributed by atoms with Crippen LogP contribution in [0.3, 0.4) is 0 Å². The number of ketones is 1. The largest absolute Gasteiger partial charge is 0.502 e. The molecule has 4 heteroatoms. The molecule has 0 atom stereocenters. The average molecular weight is 208 g/mol. The van der Waals surface area contributed by atoms with Crippen molar-refractivity contribution >= 4 is 5.78 Å². The molecule has 0 radical (unpaired) electrons. The van der Waals surface area contributed by atoms with Crippen molar-refractivity contribution in [1.82, 2.24) is 0 Å². The highest BCUT2D eigenvalue weighted by Gasteiger charge is 2.12. The SMILES string of the molecule is [3H]C([3H])([3H])Oc1cc(C(C)=O)cc(OC([3H])([3H])[3H])c1O. The fourth-order valence-electron chi connectivity index (χ4n) is 0.941. The predicted molar refractivity (Wildman–Crippen MR) is 51.2 cm³/mol. The Morgan fingerprint density at radius 3 is 2.21 bits per heavy atom. The lowest BCUT2D eigenvalue weighted by Crippen LogP contribution is -1.96. The minimum absolute atomic E-state index is 0.0544. The highest BCUT2D eigenvalue weighted by molar-refractivity contribution is 5.95. The van der Waals surface area contributed by atoms with Crippen molar-refractivity contribution in [1.29, 1.82) is 0 Å². The summed E-state index contributed by atoms with van der Waals surface area (Å²) in [5.74, 6) is -2.40. The topological polar surface area (TPSA) is 55.8 Å². The fraction of sp³-hybridized carbons (Fsp3) is 0.300. The molecule has 0 saturated carbocycles. The van der Waals surface area contributed by atoms with Gasteiger partial charge in [-0.3, -0.25) is 4.79 Å². The van der Waals surface area contributed by atoms with Crippen LogP contribution >= 0.6 is 0 Å². The van der Waals surface area contributed by atoms with Gasteiger partial charge < -0.3 is 14.6 Å². The summed E-state index contributed by atoms with van der Waals surface area (Å²) in [6, 6.07) is 1.99. The van der Waals surface area contributed by atoms with E-state index in [1.165, 1.54) is 6.92 Å². The highest BCUT2D eigenvalue weighted by Crippen LogP contribution is 2.37. The van der Waals surface area contributed by atoms with Crippen LogP contribution in [0.15, 0.2) is 12.1 Å². The van der Waals surface area contributed by atoms with Crippen molar-refractivity contribution < 1.29 is 27.6 Å². The van der Waals surface area contributed by atoms with E-state index in [2.05, 4.69) is 9.47 Å². The van der Waals surface area contributed by atoms with E-state index in [9.17, 15) is 9.90 Å². The molecule has 4 nitrogen and oxygen atoms in total. The molecule has 0 aliphatic heterocycles. The van der Waals surface area contributed by atoms with Crippen LogP contribution in [0.1, 0.15) is 25.5 Å². The van der Waals surface area contributed by atoms with Gasteiger partial charge in [0.05, 0.1) is 22.3 Å². The Labute approximate surface area is 90.5 Å². The quantitative estimate of drug-likeness (QED) is 0.767. The van der Waals surface area contributed by atoms with Crippen LogP contribution in [-0.4, -0.2) is 25.0 Å². The van der Waals surface area contributed by atoms with Gasteiger partial charge in [-0.05, 0) is 19.1 Å². The van der Waals surface area contributed by atoms with E-state index in [1.54, 1.807) is 0 Å². The first kappa shape index (κ1) is 4.68. The van der Waals surface area contributed by atoms with Gasteiger partial charge in [0, 0.05) is 5.56 Å². The number of Topliss-reactive ketones (excluding diaryl/α,β-unsaturated/α-hetero) is 1. The summed E-state index contributed by atoms with van der Waals surface area (Å²) in [5, 5.41) is 9.76. The van der Waals surface area contributed by atoms with Gasteiger partial charge in [-0.15, -0.1) is 0 Å². The number of benzene rings is 1. The Balaban J connectivity index is 3.33. The van der Waals surface area contributed by atoms with E-state index in [0.717, 1.165) is 12.1 Å². The molecule has 0 heterocycles. The molecule has 0 aliphatic carbocycles. The minimum Gasteiger partial charge on any atom is -0.502 e. The van der Waals surface area contributed by atoms with E-state index in [4.69, 9.17) is 8.22 Å². The zero-order chi connectivity index (χ0) is 15.7. The summed E-state index contributed by atoms with van der Waals surface area (Å²) in [7, 11) is -5.74. The summed E-state index contributed by atoms with van der Waals surface area (Å²) in [5.41, 5.74) is -0.0544. The Morgan fingerprint density at radius 2 is 1.86 bits per heavy atom. The number of ether oxygens (including phenoxy) is 2. The molecule has 14 heavy (non-hydrogen) atoms. The number of methoxy groups -OCH3 is 2. The molecular formula is C10H12O4. The highest BCUT2D eigenvalue weighted by atomic mass is 16.5. The summed E-state index contributed by atoms with van der Waals surface area (Å²) in [6.07, 6.45) is 0. The number of phenolic OH excluding ortho intramolecular Hbond substituents is 1. The summed E-state index contributed by atoms with van der Waals surface area (Å²) in [4.78, 5) is 11.3. The monoisotopic (exact) mass is 208 g/mol. The third kappa shape index (κ3) is 1.79. The first-order valence-electron chi connectivity index (χ1n) is 6.65. The van der Waals surface area contributed by atoms with Gasteiger partial charge in [-0.2, -0.15) is 0 Å². The van der Waals surface area contributed by atoms with Gasteiger partial charge in [-0.1, -0.05) is 0 Å². The van der Waals surface area contributed by atoms with Gasteiger partial charge in [0.2, 0.25) is 5.75 Å². The number of hydrogen-bond donors (Lipinski definition) is 1. The van der Waals surface area contributed by atoms with Crippen LogP contribution in [0, 0.1) is 0 Å². The maximum Gasteiger partial charge on any atom is 0.200 e. The second-order valence-corrected chi connectivity index (χ2v) is 2.58. The molecular weight excluding hydrogens is 184 g/mol. The number of carbonyl (C=O) groups excluding carboxylic acids is 1. The standard InChI is InChI=1S/C10H12O4/c1-6(11)7-4-8(13-2)10(12)9(5-7)14-3/h4-5,12H,1-3H3/i2T3,3T3. The molecule has 0 aliphatic rings. The lowest BCUT2D eigenvalue weighted by atomic mass is 10.1. The second-order valence-electron chi connectivity index (χ2n) is 2.58. The van der Waals surface area contributed by atoms with E-state index in [1.807, 2.05) is 0 Å². The molecule has 0 fully saturated rings. The molecule has 1 rings (SSSR count).